The van der Waals surface area contributed by atoms with Crippen molar-refractivity contribution in [2.75, 3.05) is 77.6 Å². The molecular formula is C51H80N4O12Si2. The van der Waals surface area contributed by atoms with Crippen LogP contribution in [-0.4, -0.2) is 129 Å². The maximum absolute atomic E-state index is 14.2. The molecule has 0 radical (unpaired) electrons. The molecule has 2 heterocycles. The Balaban J connectivity index is 1.45. The molecule has 384 valence electrons. The zero-order valence-electron chi connectivity index (χ0n) is 43.4. The van der Waals surface area contributed by atoms with Crippen molar-refractivity contribution in [1.29, 1.82) is 0 Å². The monoisotopic (exact) mass is 997 g/mol. The van der Waals surface area contributed by atoms with Crippen molar-refractivity contribution in [2.24, 2.45) is 0 Å². The van der Waals surface area contributed by atoms with Crippen molar-refractivity contribution in [3.8, 4) is 23.0 Å². The molecule has 69 heavy (non-hydrogen) atoms. The van der Waals surface area contributed by atoms with Crippen LogP contribution in [0.5, 0.6) is 23.0 Å². The third kappa shape index (κ3) is 15.5. The number of unbranched alkanes of at least 4 members (excludes halogenated alkanes) is 2. The standard InChI is InChI=1S/C51H80N4O12Si2/c1-15-26-64-48(58)52-40-30-38(46(56)54-24-20-22-36(54)34-66-68(11,12)50(3,4)5)42(60-9)32-44(40)62-28-18-17-19-29-63-45-33-43(61-10)39(31-41(45)53-49(59)65-27-16-2)47(57)55-25-21-23-37(55)35-67-69(13,14)51(6,7)8/h15-16,30-33,36-37H,1-2,17-29,34-35H2,3-14H3,(H,52,58)(H,53,59)/t36-,37?/m0/s1. The molecule has 2 aromatic rings. The minimum Gasteiger partial charge on any atom is -0.496 e. The SMILES string of the molecule is C=CCOC(=O)Nc1cc(C(=O)N2CCCC2CO[Si](C)(C)C(C)(C)C)c(OC)cc1OCCCCCOc1cc(OC)c(C(=O)N2CCC[C@H]2CO[Si](C)(C)C(C)(C)C)cc1NC(=O)OCC=C. The molecule has 0 aliphatic carbocycles. The van der Waals surface area contributed by atoms with Crippen LogP contribution in [0.2, 0.25) is 36.3 Å². The van der Waals surface area contributed by atoms with Gasteiger partial charge in [0.25, 0.3) is 11.8 Å². The molecule has 4 rings (SSSR count). The number of hydrogen-bond donors (Lipinski definition) is 2. The van der Waals surface area contributed by atoms with Gasteiger partial charge in [-0.15, -0.1) is 0 Å². The minimum atomic E-state index is -2.05. The molecule has 2 saturated heterocycles. The molecule has 18 heteroatoms. The summed E-state index contributed by atoms with van der Waals surface area (Å²) in [7, 11) is -1.12. The molecule has 2 aromatic carbocycles. The first-order valence-electron chi connectivity index (χ1n) is 24.2. The summed E-state index contributed by atoms with van der Waals surface area (Å²) in [5.41, 5.74) is 1.08. The Hall–Kier alpha value is -5.05. The minimum absolute atomic E-state index is 0.00557. The molecule has 2 fully saturated rings. The average Bonchev–Trinajstić information content (AvgIpc) is 3.98. The fourth-order valence-electron chi connectivity index (χ4n) is 7.44. The predicted molar refractivity (Wildman–Crippen MR) is 276 cm³/mol. The first kappa shape index (κ1) is 56.5. The number of anilines is 2. The second-order valence-corrected chi connectivity index (χ2v) is 30.2. The summed E-state index contributed by atoms with van der Waals surface area (Å²) in [6.07, 6.45) is 6.69. The van der Waals surface area contributed by atoms with Gasteiger partial charge >= 0.3 is 12.2 Å². The van der Waals surface area contributed by atoms with Gasteiger partial charge < -0.3 is 47.1 Å². The molecule has 2 aliphatic rings. The second-order valence-electron chi connectivity index (χ2n) is 20.6. The highest BCUT2D eigenvalue weighted by atomic mass is 28.4. The molecule has 1 unspecified atom stereocenters. The van der Waals surface area contributed by atoms with Gasteiger partial charge in [-0.1, -0.05) is 66.9 Å². The number of likely N-dealkylation sites (tertiary alicyclic amines) is 2. The van der Waals surface area contributed by atoms with E-state index in [4.69, 9.17) is 37.3 Å². The molecule has 0 spiro atoms. The van der Waals surface area contributed by atoms with E-state index in [-0.39, 0.29) is 82.9 Å². The van der Waals surface area contributed by atoms with E-state index in [2.05, 4.69) is 91.5 Å². The molecular weight excluding hydrogens is 917 g/mol. The summed E-state index contributed by atoms with van der Waals surface area (Å²) in [6, 6.07) is 6.18. The number of carbonyl (C=O) groups excluding carboxylic acids is 4. The van der Waals surface area contributed by atoms with Crippen molar-refractivity contribution < 1.29 is 56.5 Å². The van der Waals surface area contributed by atoms with E-state index in [9.17, 15) is 19.2 Å². The molecule has 0 aromatic heterocycles. The number of carbonyl (C=O) groups is 4. The van der Waals surface area contributed by atoms with Gasteiger partial charge in [-0.2, -0.15) is 0 Å². The van der Waals surface area contributed by atoms with Gasteiger partial charge in [0.05, 0.1) is 75.2 Å². The second kappa shape index (κ2) is 25.2. The Morgan fingerprint density at radius 1 is 0.623 bits per heavy atom. The number of nitrogens with zero attached hydrogens (tertiary/aromatic N) is 2. The summed E-state index contributed by atoms with van der Waals surface area (Å²) in [5.74, 6) is 0.770. The number of ether oxygens (including phenoxy) is 6. The van der Waals surface area contributed by atoms with Gasteiger partial charge in [-0.3, -0.25) is 20.2 Å². The highest BCUT2D eigenvalue weighted by Crippen LogP contribution is 2.41. The van der Waals surface area contributed by atoms with Crippen LogP contribution in [0.4, 0.5) is 21.0 Å². The van der Waals surface area contributed by atoms with Crippen LogP contribution in [0.1, 0.15) is 107 Å². The van der Waals surface area contributed by atoms with Crippen molar-refractivity contribution in [3.63, 3.8) is 0 Å². The third-order valence-corrected chi connectivity index (χ3v) is 22.7. The van der Waals surface area contributed by atoms with Crippen LogP contribution in [-0.2, 0) is 18.3 Å². The average molecular weight is 997 g/mol. The fraction of sp³-hybridized carbons (Fsp3) is 0.608. The zero-order valence-corrected chi connectivity index (χ0v) is 45.4. The Kier molecular flexibility index (Phi) is 20.6. The summed E-state index contributed by atoms with van der Waals surface area (Å²) < 4.78 is 47.4. The lowest BCUT2D eigenvalue weighted by molar-refractivity contribution is 0.0674. The van der Waals surface area contributed by atoms with Gasteiger partial charge in [0.1, 0.15) is 36.2 Å². The first-order chi connectivity index (χ1) is 32.5. The number of rotatable bonds is 24. The van der Waals surface area contributed by atoms with Gasteiger partial charge in [-0.25, -0.2) is 9.59 Å². The molecule has 2 atom stereocenters. The third-order valence-electron chi connectivity index (χ3n) is 13.7. The van der Waals surface area contributed by atoms with E-state index in [0.29, 0.717) is 68.6 Å². The molecule has 2 N–H and O–H groups in total. The predicted octanol–water partition coefficient (Wildman–Crippen LogP) is 11.1. The van der Waals surface area contributed by atoms with E-state index in [1.807, 2.05) is 9.80 Å². The molecule has 0 bridgehead atoms. The van der Waals surface area contributed by atoms with Crippen LogP contribution >= 0.6 is 0 Å². The van der Waals surface area contributed by atoms with Gasteiger partial charge in [0, 0.05) is 25.2 Å². The molecule has 2 aliphatic heterocycles. The van der Waals surface area contributed by atoms with E-state index < -0.39 is 28.8 Å². The van der Waals surface area contributed by atoms with Crippen molar-refractivity contribution in [1.82, 2.24) is 9.80 Å². The van der Waals surface area contributed by atoms with Gasteiger partial charge in [-0.05, 0) is 93.3 Å². The van der Waals surface area contributed by atoms with Gasteiger partial charge in [0.15, 0.2) is 16.6 Å². The number of nitrogens with one attached hydrogen (secondary N) is 2. The Bertz CT molecular complexity index is 1960. The molecule has 4 amide bonds. The number of methoxy groups -OCH3 is 2. The lowest BCUT2D eigenvalue weighted by Gasteiger charge is -2.38. The molecule has 16 nitrogen and oxygen atoms in total. The van der Waals surface area contributed by atoms with E-state index in [1.165, 1.54) is 26.4 Å². The lowest BCUT2D eigenvalue weighted by atomic mass is 10.1. The summed E-state index contributed by atoms with van der Waals surface area (Å²) in [5, 5.41) is 5.54. The maximum Gasteiger partial charge on any atom is 0.412 e. The lowest BCUT2D eigenvalue weighted by Crippen LogP contribution is -2.46. The molecule has 0 saturated carbocycles. The Labute approximate surface area is 413 Å². The first-order valence-corrected chi connectivity index (χ1v) is 30.0. The Morgan fingerprint density at radius 2 is 1.00 bits per heavy atom. The van der Waals surface area contributed by atoms with E-state index >= 15 is 0 Å². The van der Waals surface area contributed by atoms with E-state index in [1.54, 1.807) is 24.3 Å². The highest BCUT2D eigenvalue weighted by Gasteiger charge is 2.41. The van der Waals surface area contributed by atoms with Gasteiger partial charge in [0.2, 0.25) is 0 Å². The fourth-order valence-corrected chi connectivity index (χ4v) is 9.52. The smallest absolute Gasteiger partial charge is 0.412 e. The van der Waals surface area contributed by atoms with Crippen molar-refractivity contribution in [3.05, 3.63) is 60.7 Å². The number of benzene rings is 2. The normalized spacial score (nSPS) is 16.4. The topological polar surface area (TPSA) is 173 Å². The van der Waals surface area contributed by atoms with Crippen molar-refractivity contribution in [2.45, 2.75) is 135 Å². The summed E-state index contributed by atoms with van der Waals surface area (Å²) in [6.45, 7) is 31.8. The van der Waals surface area contributed by atoms with Crippen LogP contribution in [0.25, 0.3) is 0 Å². The maximum atomic E-state index is 14.2. The highest BCUT2D eigenvalue weighted by molar-refractivity contribution is 6.74. The van der Waals surface area contributed by atoms with Crippen LogP contribution in [0.15, 0.2) is 49.6 Å². The Morgan fingerprint density at radius 3 is 1.33 bits per heavy atom. The van der Waals surface area contributed by atoms with E-state index in [0.717, 1.165) is 25.7 Å². The van der Waals surface area contributed by atoms with Crippen LogP contribution < -0.4 is 29.6 Å². The quantitative estimate of drug-likeness (QED) is 0.0580. The van der Waals surface area contributed by atoms with Crippen LogP contribution in [0, 0.1) is 0 Å². The van der Waals surface area contributed by atoms with Crippen LogP contribution in [0.3, 0.4) is 0 Å². The zero-order chi connectivity index (χ0) is 51.2. The number of amides is 4. The van der Waals surface area contributed by atoms with Crippen molar-refractivity contribution >= 4 is 52.0 Å². The number of hydrogen-bond acceptors (Lipinski definition) is 12. The summed E-state index contributed by atoms with van der Waals surface area (Å²) in [4.78, 5) is 57.7. The summed E-state index contributed by atoms with van der Waals surface area (Å²) >= 11 is 0. The largest absolute Gasteiger partial charge is 0.496 e.